The number of aliphatic hydroxyl groups is 1. The largest absolute Gasteiger partial charge is 0.392 e. The molecule has 0 radical (unpaired) electrons. The van der Waals surface area contributed by atoms with Crippen molar-refractivity contribution in [2.75, 3.05) is 26.2 Å². The number of hydrogen-bond donors (Lipinski definition) is 2. The second-order valence-electron chi connectivity index (χ2n) is 9.34. The maximum atomic E-state index is 13.2. The summed E-state index contributed by atoms with van der Waals surface area (Å²) >= 11 is 0. The first-order valence-electron chi connectivity index (χ1n) is 11.1. The lowest BCUT2D eigenvalue weighted by molar-refractivity contribution is -0.137. The number of allylic oxidation sites excluding steroid dienone is 2. The first-order valence-corrected chi connectivity index (χ1v) is 11.1. The Kier molecular flexibility index (Phi) is 6.07. The smallest absolute Gasteiger partial charge is 0.225 e. The number of rotatable bonds is 3. The fourth-order valence-corrected chi connectivity index (χ4v) is 5.67. The van der Waals surface area contributed by atoms with Crippen molar-refractivity contribution in [2.45, 2.75) is 70.1 Å². The molecule has 3 fully saturated rings. The van der Waals surface area contributed by atoms with Gasteiger partial charge in [-0.2, -0.15) is 0 Å². The highest BCUT2D eigenvalue weighted by atomic mass is 16.3. The molecular weight excluding hydrogens is 354 g/mol. The molecule has 2 aliphatic heterocycles. The minimum Gasteiger partial charge on any atom is -0.392 e. The molecule has 0 spiro atoms. The number of amides is 2. The van der Waals surface area contributed by atoms with Crippen molar-refractivity contribution in [2.24, 2.45) is 17.8 Å². The van der Waals surface area contributed by atoms with Gasteiger partial charge in [0.15, 0.2) is 0 Å². The Morgan fingerprint density at radius 1 is 0.964 bits per heavy atom. The Morgan fingerprint density at radius 3 is 2.21 bits per heavy atom. The van der Waals surface area contributed by atoms with E-state index in [9.17, 15) is 14.7 Å². The fourth-order valence-electron chi connectivity index (χ4n) is 5.67. The number of aliphatic hydroxyl groups excluding tert-OH is 1. The summed E-state index contributed by atoms with van der Waals surface area (Å²) in [5, 5.41) is 14.1. The second kappa shape index (κ2) is 8.54. The summed E-state index contributed by atoms with van der Waals surface area (Å²) in [6.45, 7) is 5.01. The van der Waals surface area contributed by atoms with E-state index in [0.29, 0.717) is 30.2 Å². The molecule has 0 aromatic heterocycles. The fraction of sp³-hybridized carbons (Fsp3) is 0.818. The first kappa shape index (κ1) is 19.9. The molecular formula is C22H35N3O3. The Labute approximate surface area is 168 Å². The van der Waals surface area contributed by atoms with Gasteiger partial charge < -0.3 is 20.2 Å². The molecule has 0 unspecified atom stereocenters. The van der Waals surface area contributed by atoms with Crippen molar-refractivity contribution in [1.29, 1.82) is 0 Å². The minimum atomic E-state index is -0.375. The highest BCUT2D eigenvalue weighted by molar-refractivity contribution is 5.79. The third kappa shape index (κ3) is 4.28. The average Bonchev–Trinajstić information content (AvgIpc) is 3.14. The summed E-state index contributed by atoms with van der Waals surface area (Å²) < 4.78 is 0. The SMILES string of the molecule is CC(=O)N1CCC(N[C@@H]2C[C@@H](C(=O)N3C[C@H]4CC=CC[C@H]4C3)CC[C@H]2O)CC1. The summed E-state index contributed by atoms with van der Waals surface area (Å²) in [5.41, 5.74) is 0. The van der Waals surface area contributed by atoms with Crippen LogP contribution in [-0.4, -0.2) is 71.1 Å². The van der Waals surface area contributed by atoms with Gasteiger partial charge in [-0.3, -0.25) is 9.59 Å². The molecule has 6 nitrogen and oxygen atoms in total. The Bertz CT molecular complexity index is 598. The van der Waals surface area contributed by atoms with Crippen LogP contribution in [0.15, 0.2) is 12.2 Å². The van der Waals surface area contributed by atoms with Gasteiger partial charge in [-0.05, 0) is 56.8 Å². The summed E-state index contributed by atoms with van der Waals surface area (Å²) in [4.78, 5) is 28.7. The van der Waals surface area contributed by atoms with Gasteiger partial charge in [-0.25, -0.2) is 0 Å². The van der Waals surface area contributed by atoms with Gasteiger partial charge in [0, 0.05) is 51.1 Å². The van der Waals surface area contributed by atoms with Crippen LogP contribution in [0.3, 0.4) is 0 Å². The van der Waals surface area contributed by atoms with Gasteiger partial charge in [0.2, 0.25) is 11.8 Å². The van der Waals surface area contributed by atoms with Gasteiger partial charge in [-0.15, -0.1) is 0 Å². The van der Waals surface area contributed by atoms with E-state index in [2.05, 4.69) is 22.4 Å². The standard InChI is InChI=1S/C22H35N3O3/c1-15(26)24-10-8-19(9-11-24)23-20-12-16(6-7-21(20)27)22(28)25-13-17-4-2-3-5-18(17)14-25/h2-3,16-21,23,27H,4-14H2,1H3/t16-,17-,18+,20+,21+/m0/s1. The van der Waals surface area contributed by atoms with E-state index in [1.807, 2.05) is 4.90 Å². The van der Waals surface area contributed by atoms with Crippen LogP contribution < -0.4 is 5.32 Å². The summed E-state index contributed by atoms with van der Waals surface area (Å²) in [6.07, 6.45) is 10.5. The van der Waals surface area contributed by atoms with Crippen LogP contribution in [0.4, 0.5) is 0 Å². The van der Waals surface area contributed by atoms with Crippen LogP contribution in [0.2, 0.25) is 0 Å². The maximum absolute atomic E-state index is 13.2. The van der Waals surface area contributed by atoms with Crippen LogP contribution in [0, 0.1) is 17.8 Å². The van der Waals surface area contributed by atoms with Crippen LogP contribution in [0.1, 0.15) is 51.9 Å². The molecule has 2 aliphatic carbocycles. The minimum absolute atomic E-state index is 0.0110. The zero-order valence-electron chi connectivity index (χ0n) is 17.1. The van der Waals surface area contributed by atoms with E-state index in [4.69, 9.17) is 0 Å². The predicted molar refractivity (Wildman–Crippen MR) is 107 cm³/mol. The first-order chi connectivity index (χ1) is 13.5. The monoisotopic (exact) mass is 389 g/mol. The van der Waals surface area contributed by atoms with E-state index in [0.717, 1.165) is 64.7 Å². The van der Waals surface area contributed by atoms with Crippen molar-refractivity contribution in [1.82, 2.24) is 15.1 Å². The Morgan fingerprint density at radius 2 is 1.61 bits per heavy atom. The zero-order valence-corrected chi connectivity index (χ0v) is 17.1. The molecule has 2 amide bonds. The Hall–Kier alpha value is -1.40. The third-order valence-electron chi connectivity index (χ3n) is 7.49. The van der Waals surface area contributed by atoms with E-state index < -0.39 is 0 Å². The summed E-state index contributed by atoms with van der Waals surface area (Å²) in [7, 11) is 0. The van der Waals surface area contributed by atoms with Gasteiger partial charge in [0.05, 0.1) is 6.10 Å². The number of nitrogens with zero attached hydrogens (tertiary/aromatic N) is 2. The van der Waals surface area contributed by atoms with Crippen LogP contribution in [-0.2, 0) is 9.59 Å². The molecule has 6 heteroatoms. The molecule has 0 aromatic carbocycles. The van der Waals surface area contributed by atoms with Crippen molar-refractivity contribution in [3.8, 4) is 0 Å². The molecule has 2 heterocycles. The highest BCUT2D eigenvalue weighted by Gasteiger charge is 2.40. The lowest BCUT2D eigenvalue weighted by Crippen LogP contribution is -2.53. The normalized spacial score (nSPS) is 36.4. The van der Waals surface area contributed by atoms with Crippen LogP contribution >= 0.6 is 0 Å². The number of fused-ring (bicyclic) bond motifs is 1. The molecule has 4 aliphatic rings. The number of piperidine rings is 1. The van der Waals surface area contributed by atoms with E-state index in [-0.39, 0.29) is 24.0 Å². The topological polar surface area (TPSA) is 72.9 Å². The van der Waals surface area contributed by atoms with E-state index in [1.165, 1.54) is 0 Å². The molecule has 156 valence electrons. The molecule has 4 rings (SSSR count). The van der Waals surface area contributed by atoms with Crippen molar-refractivity contribution in [3.63, 3.8) is 0 Å². The van der Waals surface area contributed by atoms with Crippen molar-refractivity contribution >= 4 is 11.8 Å². The number of carbonyl (C=O) groups excluding carboxylic acids is 2. The quantitative estimate of drug-likeness (QED) is 0.718. The van der Waals surface area contributed by atoms with Crippen LogP contribution in [0.5, 0.6) is 0 Å². The number of carbonyl (C=O) groups is 2. The molecule has 0 aromatic rings. The van der Waals surface area contributed by atoms with E-state index in [1.54, 1.807) is 6.92 Å². The lowest BCUT2D eigenvalue weighted by atomic mass is 9.82. The Balaban J connectivity index is 1.30. The molecule has 5 atom stereocenters. The number of hydrogen-bond acceptors (Lipinski definition) is 4. The average molecular weight is 390 g/mol. The second-order valence-corrected chi connectivity index (χ2v) is 9.34. The van der Waals surface area contributed by atoms with Gasteiger partial charge in [-0.1, -0.05) is 12.2 Å². The maximum Gasteiger partial charge on any atom is 0.225 e. The molecule has 28 heavy (non-hydrogen) atoms. The van der Waals surface area contributed by atoms with Crippen molar-refractivity contribution in [3.05, 3.63) is 12.2 Å². The molecule has 0 bridgehead atoms. The number of likely N-dealkylation sites (tertiary alicyclic amines) is 2. The predicted octanol–water partition coefficient (Wildman–Crippen LogP) is 1.54. The summed E-state index contributed by atoms with van der Waals surface area (Å²) in [6, 6.07) is 0.313. The van der Waals surface area contributed by atoms with Crippen molar-refractivity contribution < 1.29 is 14.7 Å². The number of nitrogens with one attached hydrogen (secondary N) is 1. The van der Waals surface area contributed by atoms with Gasteiger partial charge >= 0.3 is 0 Å². The summed E-state index contributed by atoms with van der Waals surface area (Å²) in [5.74, 6) is 1.76. The molecule has 2 N–H and O–H groups in total. The van der Waals surface area contributed by atoms with Gasteiger partial charge in [0.25, 0.3) is 0 Å². The molecule has 1 saturated carbocycles. The lowest BCUT2D eigenvalue weighted by Gasteiger charge is -2.39. The third-order valence-corrected chi connectivity index (χ3v) is 7.49. The van der Waals surface area contributed by atoms with Crippen LogP contribution in [0.25, 0.3) is 0 Å². The molecule has 2 saturated heterocycles. The zero-order chi connectivity index (χ0) is 19.7. The van der Waals surface area contributed by atoms with Gasteiger partial charge in [0.1, 0.15) is 0 Å². The van der Waals surface area contributed by atoms with E-state index >= 15 is 0 Å². The highest BCUT2D eigenvalue weighted by Crippen LogP contribution is 2.35.